The Hall–Kier alpha value is -0.160. The molecular weight excluding hydrogens is 232 g/mol. The predicted octanol–water partition coefficient (Wildman–Crippen LogP) is 5.04. The van der Waals surface area contributed by atoms with Crippen molar-refractivity contribution in [3.63, 3.8) is 0 Å². The highest BCUT2D eigenvalue weighted by atomic mass is 17.6. The summed E-state index contributed by atoms with van der Waals surface area (Å²) >= 11 is 0. The van der Waals surface area contributed by atoms with E-state index in [1.807, 2.05) is 13.8 Å². The van der Waals surface area contributed by atoms with E-state index in [0.29, 0.717) is 0 Å². The fourth-order valence-electron chi connectivity index (χ4n) is 2.01. The van der Waals surface area contributed by atoms with Gasteiger partial charge in [-0.2, -0.15) is 4.89 Å². The van der Waals surface area contributed by atoms with Crippen LogP contribution in [0.3, 0.4) is 0 Å². The Balaban J connectivity index is 3.23. The number of hydrogen-bond donors (Lipinski definition) is 1. The summed E-state index contributed by atoms with van der Waals surface area (Å²) in [7, 11) is 0. The van der Waals surface area contributed by atoms with Gasteiger partial charge in [-0.3, -0.25) is 0 Å². The molecule has 0 saturated carbocycles. The maximum absolute atomic E-state index is 8.01. The maximum Gasteiger partial charge on any atom is 0.101 e. The van der Waals surface area contributed by atoms with Crippen molar-refractivity contribution in [2.24, 2.45) is 0 Å². The molecule has 0 aliphatic rings. The lowest BCUT2D eigenvalue weighted by atomic mass is 9.99. The summed E-state index contributed by atoms with van der Waals surface area (Å²) in [5.41, 5.74) is -0.413. The Kier molecular flexibility index (Phi) is 11.8. The van der Waals surface area contributed by atoms with Gasteiger partial charge in [-0.25, -0.2) is 5.26 Å². The van der Waals surface area contributed by atoms with E-state index in [-0.39, 0.29) is 0 Å². The van der Waals surface area contributed by atoms with E-state index in [9.17, 15) is 0 Å². The smallest absolute Gasteiger partial charge is 0.101 e. The lowest BCUT2D eigenvalue weighted by Gasteiger charge is -2.21. The van der Waals surface area contributed by atoms with Gasteiger partial charge in [-0.05, 0) is 30.3 Å². The van der Waals surface area contributed by atoms with Gasteiger partial charge in [0.2, 0.25) is 0 Å². The minimum absolute atomic E-state index is 0.413. The Labute approximate surface area is 111 Å². The molecule has 0 aromatic heterocycles. The van der Waals surface area contributed by atoms with Gasteiger partial charge in [0.1, 0.15) is 5.60 Å². The lowest BCUT2D eigenvalue weighted by Crippen LogP contribution is -2.24. The van der Waals surface area contributed by atoms with Crippen LogP contribution in [0, 0.1) is 0 Å². The minimum Gasteiger partial charge on any atom is -0.219 e. The summed E-state index contributed by atoms with van der Waals surface area (Å²) in [4.78, 5) is 4.88. The SMILES string of the molecule is CCCCCCCCCCCC(C)(C)OOOO. The average Bonchev–Trinajstić information content (AvgIpc) is 2.34. The van der Waals surface area contributed by atoms with Gasteiger partial charge in [-0.15, -0.1) is 0 Å². The highest BCUT2D eigenvalue weighted by Gasteiger charge is 2.19. The van der Waals surface area contributed by atoms with E-state index >= 15 is 0 Å². The fourth-order valence-corrected chi connectivity index (χ4v) is 2.01. The summed E-state index contributed by atoms with van der Waals surface area (Å²) in [6.07, 6.45) is 12.7. The van der Waals surface area contributed by atoms with E-state index in [1.54, 1.807) is 0 Å². The molecule has 0 fully saturated rings. The molecule has 0 bridgehead atoms. The monoisotopic (exact) mass is 262 g/mol. The molecule has 0 heterocycles. The summed E-state index contributed by atoms with van der Waals surface area (Å²) in [6.45, 7) is 6.07. The molecule has 0 rings (SSSR count). The molecule has 4 nitrogen and oxygen atoms in total. The zero-order chi connectivity index (χ0) is 13.7. The van der Waals surface area contributed by atoms with Crippen LogP contribution in [0.25, 0.3) is 0 Å². The summed E-state index contributed by atoms with van der Waals surface area (Å²) in [6, 6.07) is 0. The van der Waals surface area contributed by atoms with Crippen molar-refractivity contribution in [1.29, 1.82) is 0 Å². The van der Waals surface area contributed by atoms with Gasteiger partial charge >= 0.3 is 0 Å². The van der Waals surface area contributed by atoms with Gasteiger partial charge in [0.25, 0.3) is 0 Å². The first kappa shape index (κ1) is 17.8. The second kappa shape index (κ2) is 11.9. The molecule has 4 heteroatoms. The third-order valence-corrected chi connectivity index (χ3v) is 3.17. The highest BCUT2D eigenvalue weighted by molar-refractivity contribution is 4.66. The van der Waals surface area contributed by atoms with E-state index < -0.39 is 5.60 Å². The van der Waals surface area contributed by atoms with Gasteiger partial charge < -0.3 is 0 Å². The molecule has 1 N–H and O–H groups in total. The van der Waals surface area contributed by atoms with Crippen LogP contribution in [0.15, 0.2) is 0 Å². The first-order valence-corrected chi connectivity index (χ1v) is 7.28. The summed E-state index contributed by atoms with van der Waals surface area (Å²) < 4.78 is 0. The fraction of sp³-hybridized carbons (Fsp3) is 1.00. The molecule has 18 heavy (non-hydrogen) atoms. The van der Waals surface area contributed by atoms with Crippen LogP contribution in [0.4, 0.5) is 0 Å². The van der Waals surface area contributed by atoms with Crippen molar-refractivity contribution < 1.29 is 20.2 Å². The van der Waals surface area contributed by atoms with Crippen LogP contribution in [0.1, 0.15) is 85.0 Å². The zero-order valence-corrected chi connectivity index (χ0v) is 12.2. The average molecular weight is 262 g/mol. The van der Waals surface area contributed by atoms with Crippen LogP contribution in [-0.4, -0.2) is 10.9 Å². The first-order valence-electron chi connectivity index (χ1n) is 7.28. The van der Waals surface area contributed by atoms with Crippen molar-refractivity contribution in [2.45, 2.75) is 90.6 Å². The summed E-state index contributed by atoms with van der Waals surface area (Å²) in [5, 5.41) is 15.5. The molecule has 0 aromatic carbocycles. The molecule has 0 aromatic rings. The Bertz CT molecular complexity index is 171. The van der Waals surface area contributed by atoms with E-state index in [0.717, 1.165) is 12.8 Å². The van der Waals surface area contributed by atoms with Crippen LogP contribution in [-0.2, 0) is 15.0 Å². The van der Waals surface area contributed by atoms with E-state index in [1.165, 1.54) is 51.4 Å². The lowest BCUT2D eigenvalue weighted by molar-refractivity contribution is -0.640. The molecule has 0 saturated heterocycles. The van der Waals surface area contributed by atoms with Crippen LogP contribution in [0.2, 0.25) is 0 Å². The Morgan fingerprint density at radius 1 is 0.833 bits per heavy atom. The van der Waals surface area contributed by atoms with Gasteiger partial charge in [-0.1, -0.05) is 64.7 Å². The molecule has 0 radical (unpaired) electrons. The third-order valence-electron chi connectivity index (χ3n) is 3.17. The van der Waals surface area contributed by atoms with E-state index in [2.05, 4.69) is 17.0 Å². The molecule has 0 spiro atoms. The van der Waals surface area contributed by atoms with Gasteiger partial charge in [0.05, 0.1) is 0 Å². The predicted molar refractivity (Wildman–Crippen MR) is 71.8 cm³/mol. The van der Waals surface area contributed by atoms with Crippen molar-refractivity contribution >= 4 is 0 Å². The molecular formula is C14H30O4. The molecule has 0 unspecified atom stereocenters. The largest absolute Gasteiger partial charge is 0.219 e. The zero-order valence-electron chi connectivity index (χ0n) is 12.2. The highest BCUT2D eigenvalue weighted by Crippen LogP contribution is 2.19. The van der Waals surface area contributed by atoms with Gasteiger partial charge in [0, 0.05) is 0 Å². The van der Waals surface area contributed by atoms with Crippen molar-refractivity contribution in [3.05, 3.63) is 0 Å². The standard InChI is InChI=1S/C14H30O4/c1-4-5-6-7-8-9-10-11-12-13-14(2,3)16-18-17-15/h15H,4-13H2,1-3H3. The second-order valence-corrected chi connectivity index (χ2v) is 5.56. The van der Waals surface area contributed by atoms with Gasteiger partial charge in [0.15, 0.2) is 0 Å². The minimum atomic E-state index is -0.413. The maximum atomic E-state index is 8.01. The number of unbranched alkanes of at least 4 members (excludes halogenated alkanes) is 8. The third kappa shape index (κ3) is 12.3. The molecule has 0 amide bonds. The molecule has 110 valence electrons. The topological polar surface area (TPSA) is 47.9 Å². The van der Waals surface area contributed by atoms with E-state index in [4.69, 9.17) is 10.1 Å². The Morgan fingerprint density at radius 2 is 1.33 bits per heavy atom. The second-order valence-electron chi connectivity index (χ2n) is 5.56. The number of rotatable bonds is 13. The Morgan fingerprint density at radius 3 is 1.83 bits per heavy atom. The van der Waals surface area contributed by atoms with Crippen molar-refractivity contribution in [1.82, 2.24) is 0 Å². The van der Waals surface area contributed by atoms with Crippen LogP contribution < -0.4 is 0 Å². The van der Waals surface area contributed by atoms with Crippen molar-refractivity contribution in [2.75, 3.05) is 0 Å². The van der Waals surface area contributed by atoms with Crippen LogP contribution in [0.5, 0.6) is 0 Å². The van der Waals surface area contributed by atoms with Crippen LogP contribution >= 0.6 is 0 Å². The summed E-state index contributed by atoms with van der Waals surface area (Å²) in [5.74, 6) is 0. The molecule has 0 atom stereocenters. The molecule has 0 aliphatic carbocycles. The first-order chi connectivity index (χ1) is 8.62. The molecule has 0 aliphatic heterocycles. The van der Waals surface area contributed by atoms with Crippen molar-refractivity contribution in [3.8, 4) is 0 Å². The number of hydrogen-bond acceptors (Lipinski definition) is 4. The normalized spacial score (nSPS) is 12.0. The quantitative estimate of drug-likeness (QED) is 0.287.